The summed E-state index contributed by atoms with van der Waals surface area (Å²) in [6, 6.07) is 29.8. The molecule has 3 atom stereocenters. The molecule has 5 N–H and O–H groups in total. The Morgan fingerprint density at radius 1 is 0.849 bits per heavy atom. The number of carbonyl (C=O) groups excluding carboxylic acids is 4. The fourth-order valence-corrected chi connectivity index (χ4v) is 6.04. The van der Waals surface area contributed by atoms with E-state index in [1.165, 1.54) is 4.90 Å². The second-order valence-electron chi connectivity index (χ2n) is 13.6. The number of aliphatic hydroxyl groups excluding tert-OH is 1. The van der Waals surface area contributed by atoms with E-state index in [1.54, 1.807) is 25.3 Å². The third-order valence-corrected chi connectivity index (χ3v) is 8.91. The van der Waals surface area contributed by atoms with Crippen LogP contribution in [0.1, 0.15) is 51.2 Å². The summed E-state index contributed by atoms with van der Waals surface area (Å²) in [4.78, 5) is 58.0. The fourth-order valence-electron chi connectivity index (χ4n) is 6.04. The quantitative estimate of drug-likeness (QED) is 0.130. The zero-order valence-electron chi connectivity index (χ0n) is 30.4. The first-order chi connectivity index (χ1) is 25.5. The van der Waals surface area contributed by atoms with Gasteiger partial charge >= 0.3 is 6.09 Å². The van der Waals surface area contributed by atoms with Gasteiger partial charge in [0, 0.05) is 23.7 Å². The molecule has 0 aliphatic carbocycles. The minimum Gasteiger partial charge on any atom is -0.445 e. The normalized spacial score (nSPS) is 14.3. The molecule has 0 saturated carbocycles. The highest BCUT2D eigenvalue weighted by Gasteiger charge is 2.35. The maximum atomic E-state index is 14.7. The molecular weight excluding hydrogens is 672 g/mol. The zero-order valence-corrected chi connectivity index (χ0v) is 30.4. The third-order valence-electron chi connectivity index (χ3n) is 8.91. The van der Waals surface area contributed by atoms with Gasteiger partial charge in [0.05, 0.1) is 18.3 Å². The Kier molecular flexibility index (Phi) is 13.2. The van der Waals surface area contributed by atoms with Gasteiger partial charge in [-0.3, -0.25) is 24.7 Å². The first-order valence-electron chi connectivity index (χ1n) is 17.8. The molecule has 0 spiro atoms. The Balaban J connectivity index is 1.50. The van der Waals surface area contributed by atoms with E-state index in [4.69, 9.17) is 10.5 Å². The largest absolute Gasteiger partial charge is 0.445 e. The molecule has 4 aromatic rings. The van der Waals surface area contributed by atoms with Crippen molar-refractivity contribution in [3.8, 4) is 0 Å². The van der Waals surface area contributed by atoms with Gasteiger partial charge in [-0.15, -0.1) is 0 Å². The van der Waals surface area contributed by atoms with Crippen molar-refractivity contribution in [2.24, 2.45) is 11.7 Å². The Hall–Kier alpha value is -5.72. The molecule has 4 amide bonds. The van der Waals surface area contributed by atoms with E-state index in [0.717, 1.165) is 27.0 Å². The highest BCUT2D eigenvalue weighted by molar-refractivity contribution is 5.96. The molecule has 12 heteroatoms. The SMILES string of the molecule is CC(C)CC[C@H](O)C(=O)NN(Cc1ccccc1)C(=O)C(CC1=CN(C(=O)[C@H](C)N)CN1c1cccc2ccccc12)NC(=O)OCc1ccccc1. The molecule has 1 aliphatic heterocycles. The lowest BCUT2D eigenvalue weighted by atomic mass is 10.0. The van der Waals surface area contributed by atoms with E-state index in [2.05, 4.69) is 10.7 Å². The average molecular weight is 721 g/mol. The number of rotatable bonds is 14. The number of carbonyl (C=O) groups is 4. The van der Waals surface area contributed by atoms with Crippen molar-refractivity contribution in [3.63, 3.8) is 0 Å². The number of amides is 4. The van der Waals surface area contributed by atoms with Crippen LogP contribution in [0.25, 0.3) is 10.8 Å². The van der Waals surface area contributed by atoms with Crippen molar-refractivity contribution in [1.29, 1.82) is 0 Å². The molecule has 278 valence electrons. The molecule has 53 heavy (non-hydrogen) atoms. The maximum absolute atomic E-state index is 14.7. The van der Waals surface area contributed by atoms with Crippen LogP contribution in [-0.2, 0) is 32.3 Å². The molecule has 0 bridgehead atoms. The molecular formula is C41H48N6O6. The van der Waals surface area contributed by atoms with Gasteiger partial charge in [0.2, 0.25) is 5.91 Å². The lowest BCUT2D eigenvalue weighted by Gasteiger charge is -2.31. The second-order valence-corrected chi connectivity index (χ2v) is 13.6. The number of fused-ring (bicyclic) bond motifs is 1. The summed E-state index contributed by atoms with van der Waals surface area (Å²) < 4.78 is 5.54. The Labute approximate surface area is 310 Å². The van der Waals surface area contributed by atoms with Gasteiger partial charge in [0.15, 0.2) is 0 Å². The number of ether oxygens (including phenoxy) is 1. The summed E-state index contributed by atoms with van der Waals surface area (Å²) in [5, 5.41) is 16.5. The Morgan fingerprint density at radius 3 is 2.17 bits per heavy atom. The summed E-state index contributed by atoms with van der Waals surface area (Å²) in [6.45, 7) is 5.61. The third kappa shape index (κ3) is 10.4. The van der Waals surface area contributed by atoms with Crippen LogP contribution in [-0.4, -0.2) is 63.7 Å². The molecule has 1 heterocycles. The summed E-state index contributed by atoms with van der Waals surface area (Å²) >= 11 is 0. The molecule has 4 aromatic carbocycles. The van der Waals surface area contributed by atoms with Crippen LogP contribution in [0.5, 0.6) is 0 Å². The maximum Gasteiger partial charge on any atom is 0.408 e. The van der Waals surface area contributed by atoms with Crippen LogP contribution < -0.4 is 21.4 Å². The summed E-state index contributed by atoms with van der Waals surface area (Å²) in [5.74, 6) is -1.47. The van der Waals surface area contributed by atoms with Gasteiger partial charge in [0.1, 0.15) is 25.4 Å². The topological polar surface area (TPSA) is 158 Å². The lowest BCUT2D eigenvalue weighted by Crippen LogP contribution is -2.56. The van der Waals surface area contributed by atoms with Gasteiger partial charge in [-0.1, -0.05) is 111 Å². The van der Waals surface area contributed by atoms with Crippen molar-refractivity contribution in [2.45, 2.75) is 71.4 Å². The Bertz CT molecular complexity index is 1900. The number of benzene rings is 4. The van der Waals surface area contributed by atoms with E-state index < -0.39 is 36.1 Å². The lowest BCUT2D eigenvalue weighted by molar-refractivity contribution is -0.147. The molecule has 1 unspecified atom stereocenters. The number of hydrazine groups is 1. The number of nitrogens with one attached hydrogen (secondary N) is 2. The van der Waals surface area contributed by atoms with E-state index in [0.29, 0.717) is 17.7 Å². The summed E-state index contributed by atoms with van der Waals surface area (Å²) in [6.07, 6.45) is 0.147. The number of alkyl carbamates (subject to hydrolysis) is 1. The predicted molar refractivity (Wildman–Crippen MR) is 203 cm³/mol. The molecule has 5 rings (SSSR count). The molecule has 0 fully saturated rings. The van der Waals surface area contributed by atoms with Crippen molar-refractivity contribution in [1.82, 2.24) is 20.7 Å². The van der Waals surface area contributed by atoms with Crippen LogP contribution in [0.4, 0.5) is 10.5 Å². The summed E-state index contributed by atoms with van der Waals surface area (Å²) in [5.41, 5.74) is 11.4. The van der Waals surface area contributed by atoms with Gasteiger partial charge < -0.3 is 25.8 Å². The predicted octanol–water partition coefficient (Wildman–Crippen LogP) is 5.18. The van der Waals surface area contributed by atoms with E-state index in [1.807, 2.05) is 110 Å². The molecule has 0 radical (unpaired) electrons. The van der Waals surface area contributed by atoms with Crippen molar-refractivity contribution < 1.29 is 29.0 Å². The van der Waals surface area contributed by atoms with Crippen LogP contribution in [0.3, 0.4) is 0 Å². The van der Waals surface area contributed by atoms with Crippen LogP contribution in [0.15, 0.2) is 115 Å². The van der Waals surface area contributed by atoms with Crippen LogP contribution in [0.2, 0.25) is 0 Å². The first-order valence-corrected chi connectivity index (χ1v) is 17.8. The van der Waals surface area contributed by atoms with Gasteiger partial charge in [0.25, 0.3) is 11.8 Å². The number of hydrogen-bond donors (Lipinski definition) is 4. The van der Waals surface area contributed by atoms with E-state index in [9.17, 15) is 24.3 Å². The Morgan fingerprint density at radius 2 is 1.49 bits per heavy atom. The molecule has 0 saturated heterocycles. The number of nitrogens with zero attached hydrogens (tertiary/aromatic N) is 3. The van der Waals surface area contributed by atoms with E-state index >= 15 is 0 Å². The van der Waals surface area contributed by atoms with Gasteiger partial charge in [-0.05, 0) is 48.3 Å². The van der Waals surface area contributed by atoms with Crippen molar-refractivity contribution >= 4 is 40.3 Å². The van der Waals surface area contributed by atoms with Crippen LogP contribution in [0, 0.1) is 5.92 Å². The van der Waals surface area contributed by atoms with E-state index in [-0.39, 0.29) is 44.5 Å². The molecule has 12 nitrogen and oxygen atoms in total. The van der Waals surface area contributed by atoms with Gasteiger partial charge in [-0.2, -0.15) is 0 Å². The number of hydrogen-bond acceptors (Lipinski definition) is 8. The number of nitrogens with two attached hydrogens (primary N) is 1. The minimum atomic E-state index is -1.36. The highest BCUT2D eigenvalue weighted by Crippen LogP contribution is 2.34. The minimum absolute atomic E-state index is 0.0401. The standard InChI is InChI=1S/C41H48N6O6/c1-28(2)21-22-37(48)38(49)44-47(24-30-13-6-4-7-14-30)40(51)35(43-41(52)53-26-31-15-8-5-9-16-31)23-33-25-45(39(50)29(3)42)27-46(33)36-20-12-18-32-17-10-11-19-34(32)36/h4-20,25,28-29,35,37,48H,21-24,26-27,42H2,1-3H3,(H,43,52)(H,44,49)/t29-,35?,37-/m0/s1. The van der Waals surface area contributed by atoms with Crippen molar-refractivity contribution in [2.75, 3.05) is 11.6 Å². The molecule has 0 aromatic heterocycles. The van der Waals surface area contributed by atoms with Gasteiger partial charge in [-0.25, -0.2) is 9.80 Å². The molecule has 1 aliphatic rings. The fraction of sp³-hybridized carbons (Fsp3) is 0.317. The average Bonchev–Trinajstić information content (AvgIpc) is 3.58. The number of anilines is 1. The zero-order chi connectivity index (χ0) is 37.9. The second kappa shape index (κ2) is 18.2. The smallest absolute Gasteiger partial charge is 0.408 e. The summed E-state index contributed by atoms with van der Waals surface area (Å²) in [7, 11) is 0. The highest BCUT2D eigenvalue weighted by atomic mass is 16.5. The van der Waals surface area contributed by atoms with Crippen molar-refractivity contribution in [3.05, 3.63) is 126 Å². The van der Waals surface area contributed by atoms with Crippen LogP contribution >= 0.6 is 0 Å². The number of aliphatic hydroxyl groups is 1. The first kappa shape index (κ1) is 38.5. The monoisotopic (exact) mass is 720 g/mol.